The molecule has 3 N–H and O–H groups in total. The molecule has 0 radical (unpaired) electrons. The average molecular weight is 455 g/mol. The Hall–Kier alpha value is -3.66. The minimum atomic E-state index is -0.924. The second kappa shape index (κ2) is 10.1. The van der Waals surface area contributed by atoms with Crippen LogP contribution >= 0.6 is 0 Å². The molecule has 176 valence electrons. The number of carboxylic acids is 1. The third kappa shape index (κ3) is 5.82. The number of hydrogen-bond acceptors (Lipinski definition) is 3. The molecule has 0 atom stereocenters. The van der Waals surface area contributed by atoms with Crippen LogP contribution in [0.5, 0.6) is 0 Å². The smallest absolute Gasteiger partial charge is 0.335 e. The number of allylic oxidation sites excluding steroid dienone is 2. The molecule has 0 amide bonds. The summed E-state index contributed by atoms with van der Waals surface area (Å²) in [6.07, 6.45) is 15.1. The molecule has 1 aliphatic carbocycles. The summed E-state index contributed by atoms with van der Waals surface area (Å²) in [5.74, 6) is -0.924. The number of carboxylic acid groups (broad SMARTS) is 1. The van der Waals surface area contributed by atoms with E-state index in [0.717, 1.165) is 29.5 Å². The summed E-state index contributed by atoms with van der Waals surface area (Å²) in [4.78, 5) is 15.4. The Labute approximate surface area is 202 Å². The molecule has 0 saturated heterocycles. The summed E-state index contributed by atoms with van der Waals surface area (Å²) in [6.45, 7) is 13.3. The molecule has 0 aliphatic heterocycles. The highest BCUT2D eigenvalue weighted by atomic mass is 16.4. The number of aromatic carboxylic acids is 1. The van der Waals surface area contributed by atoms with Crippen molar-refractivity contribution in [3.05, 3.63) is 100 Å². The molecular weight excluding hydrogens is 420 g/mol. The molecule has 0 aromatic heterocycles. The number of fused-ring (bicyclic) bond motifs is 1. The first kappa shape index (κ1) is 25.0. The summed E-state index contributed by atoms with van der Waals surface area (Å²) in [7, 11) is 0. The molecule has 4 nitrogen and oxygen atoms in total. The van der Waals surface area contributed by atoms with E-state index in [1.54, 1.807) is 24.4 Å². The Balaban J connectivity index is 2.06. The first-order valence-corrected chi connectivity index (χ1v) is 11.5. The van der Waals surface area contributed by atoms with Crippen molar-refractivity contribution in [3.63, 3.8) is 0 Å². The SMILES string of the molecule is C=C(/C=C/c1cc2c(cc1/C=C/c1ccc(C(=O)O)cc1)C(C)(C)CCC2(C)C)/N=C\C=C/N. The third-order valence-electron chi connectivity index (χ3n) is 6.56. The van der Waals surface area contributed by atoms with Crippen LogP contribution in [-0.2, 0) is 10.8 Å². The van der Waals surface area contributed by atoms with Gasteiger partial charge >= 0.3 is 5.97 Å². The predicted octanol–water partition coefficient (Wildman–Crippen LogP) is 6.97. The van der Waals surface area contributed by atoms with Gasteiger partial charge in [-0.25, -0.2) is 4.79 Å². The minimum Gasteiger partial charge on any atom is -0.478 e. The summed E-state index contributed by atoms with van der Waals surface area (Å²) < 4.78 is 0. The Bertz CT molecular complexity index is 1190. The highest BCUT2D eigenvalue weighted by Gasteiger charge is 2.37. The Morgan fingerprint density at radius 2 is 1.53 bits per heavy atom. The van der Waals surface area contributed by atoms with Gasteiger partial charge in [0, 0.05) is 6.21 Å². The van der Waals surface area contributed by atoms with Crippen LogP contribution in [0, 0.1) is 0 Å². The number of rotatable bonds is 7. The zero-order valence-corrected chi connectivity index (χ0v) is 20.5. The van der Waals surface area contributed by atoms with Crippen molar-refractivity contribution in [2.45, 2.75) is 51.4 Å². The number of aliphatic imine (C=N–C) groups is 1. The van der Waals surface area contributed by atoms with E-state index in [2.05, 4.69) is 63.6 Å². The summed E-state index contributed by atoms with van der Waals surface area (Å²) in [5.41, 5.74) is 12.4. The maximum atomic E-state index is 11.1. The average Bonchev–Trinajstić information content (AvgIpc) is 2.79. The van der Waals surface area contributed by atoms with Gasteiger partial charge in [-0.1, -0.05) is 76.8 Å². The number of nitrogens with two attached hydrogens (primary N) is 1. The van der Waals surface area contributed by atoms with Gasteiger partial charge in [0.2, 0.25) is 0 Å². The van der Waals surface area contributed by atoms with Crippen molar-refractivity contribution in [1.82, 2.24) is 0 Å². The van der Waals surface area contributed by atoms with Gasteiger partial charge in [-0.3, -0.25) is 4.99 Å². The fraction of sp³-hybridized carbons (Fsp3) is 0.267. The van der Waals surface area contributed by atoms with Gasteiger partial charge in [0.05, 0.1) is 11.3 Å². The lowest BCUT2D eigenvalue weighted by Gasteiger charge is -2.42. The van der Waals surface area contributed by atoms with Crippen LogP contribution in [-0.4, -0.2) is 17.3 Å². The molecule has 1 aliphatic rings. The standard InChI is InChI=1S/C30H34N2O2/c1-21(32-18-6-17-31)7-11-24-19-26-27(30(4,5)16-15-29(26,2)3)20-25(24)14-10-22-8-12-23(13-9-22)28(33)34/h6-14,17-20H,1,15-16,31H2,2-5H3,(H,33,34)/b11-7+,14-10+,17-6-,32-18-. The maximum absolute atomic E-state index is 11.1. The van der Waals surface area contributed by atoms with Crippen LogP contribution < -0.4 is 5.73 Å². The quantitative estimate of drug-likeness (QED) is 0.269. The van der Waals surface area contributed by atoms with Gasteiger partial charge in [-0.2, -0.15) is 0 Å². The second-order valence-electron chi connectivity index (χ2n) is 10.0. The van der Waals surface area contributed by atoms with Crippen LogP contribution in [0.4, 0.5) is 0 Å². The number of hydrogen-bond donors (Lipinski definition) is 2. The molecule has 0 unspecified atom stereocenters. The third-order valence-corrected chi connectivity index (χ3v) is 6.56. The van der Waals surface area contributed by atoms with E-state index in [9.17, 15) is 4.79 Å². The zero-order chi connectivity index (χ0) is 24.9. The Morgan fingerprint density at radius 3 is 2.06 bits per heavy atom. The molecule has 34 heavy (non-hydrogen) atoms. The first-order valence-electron chi connectivity index (χ1n) is 11.5. The van der Waals surface area contributed by atoms with E-state index in [4.69, 9.17) is 10.8 Å². The van der Waals surface area contributed by atoms with Crippen LogP contribution in [0.2, 0.25) is 0 Å². The molecule has 0 spiro atoms. The van der Waals surface area contributed by atoms with E-state index < -0.39 is 5.97 Å². The van der Waals surface area contributed by atoms with Crippen LogP contribution in [0.25, 0.3) is 18.2 Å². The fourth-order valence-electron chi connectivity index (χ4n) is 4.28. The molecule has 0 bridgehead atoms. The summed E-state index contributed by atoms with van der Waals surface area (Å²) in [6, 6.07) is 11.5. The maximum Gasteiger partial charge on any atom is 0.335 e. The van der Waals surface area contributed by atoms with E-state index >= 15 is 0 Å². The molecule has 0 fully saturated rings. The topological polar surface area (TPSA) is 75.7 Å². The van der Waals surface area contributed by atoms with Crippen molar-refractivity contribution in [3.8, 4) is 0 Å². The molecule has 2 aromatic rings. The van der Waals surface area contributed by atoms with Crippen LogP contribution in [0.15, 0.2) is 72.0 Å². The van der Waals surface area contributed by atoms with Gasteiger partial charge in [-0.15, -0.1) is 0 Å². The molecule has 4 heteroatoms. The molecule has 0 saturated carbocycles. The lowest BCUT2D eigenvalue weighted by molar-refractivity contribution is 0.0697. The van der Waals surface area contributed by atoms with Crippen molar-refractivity contribution < 1.29 is 9.90 Å². The fourth-order valence-corrected chi connectivity index (χ4v) is 4.28. The zero-order valence-electron chi connectivity index (χ0n) is 20.5. The van der Waals surface area contributed by atoms with Gasteiger partial charge in [0.15, 0.2) is 0 Å². The highest BCUT2D eigenvalue weighted by Crippen LogP contribution is 2.47. The Morgan fingerprint density at radius 1 is 0.971 bits per heavy atom. The highest BCUT2D eigenvalue weighted by molar-refractivity contribution is 5.88. The van der Waals surface area contributed by atoms with Crippen molar-refractivity contribution in [2.24, 2.45) is 10.7 Å². The first-order chi connectivity index (χ1) is 16.0. The van der Waals surface area contributed by atoms with Crippen molar-refractivity contribution >= 4 is 30.4 Å². The van der Waals surface area contributed by atoms with Gasteiger partial charge in [0.1, 0.15) is 0 Å². The molecule has 2 aromatic carbocycles. The molecule has 3 rings (SSSR count). The number of nitrogens with zero attached hydrogens (tertiary/aromatic N) is 1. The van der Waals surface area contributed by atoms with Crippen molar-refractivity contribution in [1.29, 1.82) is 0 Å². The molecular formula is C30H34N2O2. The number of carbonyl (C=O) groups is 1. The summed E-state index contributed by atoms with van der Waals surface area (Å²) in [5, 5.41) is 9.14. The van der Waals surface area contributed by atoms with E-state index in [0.29, 0.717) is 5.70 Å². The van der Waals surface area contributed by atoms with E-state index in [-0.39, 0.29) is 16.4 Å². The van der Waals surface area contributed by atoms with Crippen LogP contribution in [0.1, 0.15) is 78.7 Å². The lowest BCUT2D eigenvalue weighted by atomic mass is 9.62. The number of benzene rings is 2. The molecule has 0 heterocycles. The normalized spacial score (nSPS) is 17.1. The van der Waals surface area contributed by atoms with Crippen molar-refractivity contribution in [2.75, 3.05) is 0 Å². The van der Waals surface area contributed by atoms with E-state index in [1.165, 1.54) is 17.3 Å². The summed E-state index contributed by atoms with van der Waals surface area (Å²) >= 11 is 0. The van der Waals surface area contributed by atoms with Gasteiger partial charge in [0.25, 0.3) is 0 Å². The lowest BCUT2D eigenvalue weighted by Crippen LogP contribution is -2.34. The largest absolute Gasteiger partial charge is 0.478 e. The van der Waals surface area contributed by atoms with Crippen LogP contribution in [0.3, 0.4) is 0 Å². The van der Waals surface area contributed by atoms with Gasteiger partial charge in [-0.05, 0) is 82.0 Å². The second-order valence-corrected chi connectivity index (χ2v) is 10.0. The van der Waals surface area contributed by atoms with Gasteiger partial charge < -0.3 is 10.8 Å². The minimum absolute atomic E-state index is 0.0985. The van der Waals surface area contributed by atoms with E-state index in [1.807, 2.05) is 24.3 Å². The Kier molecular flexibility index (Phi) is 7.41. The predicted molar refractivity (Wildman–Crippen MR) is 144 cm³/mol. The monoisotopic (exact) mass is 454 g/mol.